The summed E-state index contributed by atoms with van der Waals surface area (Å²) in [6.07, 6.45) is 3.70. The lowest BCUT2D eigenvalue weighted by molar-refractivity contribution is 0.0136. The van der Waals surface area contributed by atoms with Crippen LogP contribution in [-0.4, -0.2) is 18.0 Å². The van der Waals surface area contributed by atoms with Gasteiger partial charge in [0.25, 0.3) is 0 Å². The van der Waals surface area contributed by atoms with Crippen LogP contribution >= 0.6 is 0 Å². The van der Waals surface area contributed by atoms with E-state index in [0.29, 0.717) is 11.8 Å². The normalized spacial score (nSPS) is 21.2. The number of para-hydroxylation sites is 1. The molecule has 1 atom stereocenters. The van der Waals surface area contributed by atoms with Gasteiger partial charge in [-0.2, -0.15) is 0 Å². The molecule has 1 aliphatic rings. The maximum Gasteiger partial charge on any atom is 0.153 e. The van der Waals surface area contributed by atoms with Crippen LogP contribution in [0.2, 0.25) is 0 Å². The molecule has 0 amide bonds. The van der Waals surface area contributed by atoms with Gasteiger partial charge < -0.3 is 9.84 Å². The highest BCUT2D eigenvalue weighted by molar-refractivity contribution is 5.80. The molecule has 1 heterocycles. The Kier molecular flexibility index (Phi) is 3.02. The van der Waals surface area contributed by atoms with Crippen molar-refractivity contribution in [1.29, 1.82) is 0 Å². The fourth-order valence-electron chi connectivity index (χ4n) is 1.92. The van der Waals surface area contributed by atoms with Gasteiger partial charge in [0.15, 0.2) is 6.29 Å². The van der Waals surface area contributed by atoms with E-state index < -0.39 is 0 Å². The van der Waals surface area contributed by atoms with Gasteiger partial charge in [0.1, 0.15) is 5.75 Å². The minimum atomic E-state index is -0.0568. The molecule has 1 aromatic rings. The summed E-state index contributed by atoms with van der Waals surface area (Å²) in [5.41, 5.74) is 1.07. The zero-order valence-electron chi connectivity index (χ0n) is 8.48. The van der Waals surface area contributed by atoms with Gasteiger partial charge in [-0.3, -0.25) is 4.79 Å². The topological polar surface area (TPSA) is 46.5 Å². The summed E-state index contributed by atoms with van der Waals surface area (Å²) >= 11 is 0. The number of carbonyl (C=O) groups is 1. The Hall–Kier alpha value is -1.35. The van der Waals surface area contributed by atoms with Crippen molar-refractivity contribution in [3.05, 3.63) is 29.3 Å². The van der Waals surface area contributed by atoms with Crippen molar-refractivity contribution in [2.24, 2.45) is 0 Å². The molecule has 2 rings (SSSR count). The first kappa shape index (κ1) is 10.2. The van der Waals surface area contributed by atoms with Crippen LogP contribution in [0.25, 0.3) is 0 Å². The Bertz CT molecular complexity index is 354. The third-order valence-electron chi connectivity index (χ3n) is 2.75. The Morgan fingerprint density at radius 1 is 1.40 bits per heavy atom. The molecule has 3 heteroatoms. The average Bonchev–Trinajstić information content (AvgIpc) is 2.30. The van der Waals surface area contributed by atoms with E-state index in [-0.39, 0.29) is 11.9 Å². The molecule has 80 valence electrons. The summed E-state index contributed by atoms with van der Waals surface area (Å²) in [7, 11) is 0. The number of rotatable bonds is 2. The van der Waals surface area contributed by atoms with Crippen LogP contribution in [0.3, 0.4) is 0 Å². The SMILES string of the molecule is O=Cc1cccc(C2CCCCO2)c1O. The van der Waals surface area contributed by atoms with Crippen molar-refractivity contribution in [2.75, 3.05) is 6.61 Å². The predicted molar refractivity (Wildman–Crippen MR) is 56.0 cm³/mol. The first-order chi connectivity index (χ1) is 7.33. The molecule has 1 aromatic carbocycles. The van der Waals surface area contributed by atoms with E-state index >= 15 is 0 Å². The molecule has 0 spiro atoms. The molecule has 1 aliphatic heterocycles. The molecule has 0 saturated carbocycles. The summed E-state index contributed by atoms with van der Waals surface area (Å²) in [5, 5.41) is 9.83. The highest BCUT2D eigenvalue weighted by Gasteiger charge is 2.20. The zero-order valence-corrected chi connectivity index (χ0v) is 8.48. The van der Waals surface area contributed by atoms with Crippen LogP contribution in [-0.2, 0) is 4.74 Å². The Morgan fingerprint density at radius 2 is 2.27 bits per heavy atom. The Labute approximate surface area is 88.7 Å². The van der Waals surface area contributed by atoms with Gasteiger partial charge in [-0.15, -0.1) is 0 Å². The predicted octanol–water partition coefficient (Wildman–Crippen LogP) is 2.45. The number of aromatic hydroxyl groups is 1. The van der Waals surface area contributed by atoms with Crippen molar-refractivity contribution >= 4 is 6.29 Å². The molecule has 1 unspecified atom stereocenters. The summed E-state index contributed by atoms with van der Waals surface area (Å²) < 4.78 is 5.57. The highest BCUT2D eigenvalue weighted by atomic mass is 16.5. The van der Waals surface area contributed by atoms with Crippen LogP contribution in [0.5, 0.6) is 5.75 Å². The van der Waals surface area contributed by atoms with Crippen LogP contribution in [0.4, 0.5) is 0 Å². The van der Waals surface area contributed by atoms with Crippen molar-refractivity contribution in [2.45, 2.75) is 25.4 Å². The monoisotopic (exact) mass is 206 g/mol. The summed E-state index contributed by atoms with van der Waals surface area (Å²) in [6, 6.07) is 5.20. The molecular weight excluding hydrogens is 192 g/mol. The summed E-state index contributed by atoms with van der Waals surface area (Å²) in [6.45, 7) is 0.732. The number of phenolic OH excluding ortho intramolecular Hbond substituents is 1. The zero-order chi connectivity index (χ0) is 10.7. The number of hydrogen-bond acceptors (Lipinski definition) is 3. The van der Waals surface area contributed by atoms with E-state index in [9.17, 15) is 9.90 Å². The van der Waals surface area contributed by atoms with Crippen LogP contribution < -0.4 is 0 Å². The number of aldehydes is 1. The van der Waals surface area contributed by atoms with Crippen LogP contribution in [0.15, 0.2) is 18.2 Å². The molecular formula is C12H14O3. The molecule has 1 N–H and O–H groups in total. The third kappa shape index (κ3) is 2.02. The lowest BCUT2D eigenvalue weighted by Crippen LogP contribution is -2.11. The standard InChI is InChI=1S/C12H14O3/c13-8-9-4-3-5-10(12(9)14)11-6-1-2-7-15-11/h3-5,8,11,14H,1-2,6-7H2. The number of hydrogen-bond donors (Lipinski definition) is 1. The van der Waals surface area contributed by atoms with Gasteiger partial charge in [0.2, 0.25) is 0 Å². The lowest BCUT2D eigenvalue weighted by Gasteiger charge is -2.23. The maximum atomic E-state index is 10.7. The number of phenols is 1. The van der Waals surface area contributed by atoms with Gasteiger partial charge in [-0.05, 0) is 25.3 Å². The minimum absolute atomic E-state index is 0.0568. The van der Waals surface area contributed by atoms with E-state index in [1.54, 1.807) is 12.1 Å². The van der Waals surface area contributed by atoms with Gasteiger partial charge in [-0.25, -0.2) is 0 Å². The van der Waals surface area contributed by atoms with Crippen LogP contribution in [0.1, 0.15) is 41.3 Å². The third-order valence-corrected chi connectivity index (χ3v) is 2.75. The van der Waals surface area contributed by atoms with Gasteiger partial charge >= 0.3 is 0 Å². The minimum Gasteiger partial charge on any atom is -0.507 e. The van der Waals surface area contributed by atoms with E-state index in [0.717, 1.165) is 31.4 Å². The average molecular weight is 206 g/mol. The molecule has 15 heavy (non-hydrogen) atoms. The number of ether oxygens (including phenoxy) is 1. The van der Waals surface area contributed by atoms with Crippen LogP contribution in [0, 0.1) is 0 Å². The second kappa shape index (κ2) is 4.45. The van der Waals surface area contributed by atoms with E-state index in [4.69, 9.17) is 4.74 Å². The smallest absolute Gasteiger partial charge is 0.153 e. The first-order valence-corrected chi connectivity index (χ1v) is 5.21. The number of benzene rings is 1. The quantitative estimate of drug-likeness (QED) is 0.756. The molecule has 1 fully saturated rings. The molecule has 1 saturated heterocycles. The second-order valence-electron chi connectivity index (χ2n) is 3.76. The Balaban J connectivity index is 2.30. The lowest BCUT2D eigenvalue weighted by atomic mass is 9.98. The molecule has 0 aromatic heterocycles. The first-order valence-electron chi connectivity index (χ1n) is 5.21. The van der Waals surface area contributed by atoms with Crippen molar-refractivity contribution in [3.8, 4) is 5.75 Å². The van der Waals surface area contributed by atoms with Gasteiger partial charge in [0, 0.05) is 12.2 Å². The number of carbonyl (C=O) groups excluding carboxylic acids is 1. The molecule has 0 aliphatic carbocycles. The largest absolute Gasteiger partial charge is 0.507 e. The highest BCUT2D eigenvalue weighted by Crippen LogP contribution is 2.34. The van der Waals surface area contributed by atoms with E-state index in [1.807, 2.05) is 6.07 Å². The van der Waals surface area contributed by atoms with Gasteiger partial charge in [-0.1, -0.05) is 12.1 Å². The molecule has 0 bridgehead atoms. The second-order valence-corrected chi connectivity index (χ2v) is 3.76. The van der Waals surface area contributed by atoms with Crippen molar-refractivity contribution in [1.82, 2.24) is 0 Å². The Morgan fingerprint density at radius 3 is 2.93 bits per heavy atom. The summed E-state index contributed by atoms with van der Waals surface area (Å²) in [5.74, 6) is 0.0689. The van der Waals surface area contributed by atoms with E-state index in [1.165, 1.54) is 0 Å². The molecule has 3 nitrogen and oxygen atoms in total. The maximum absolute atomic E-state index is 10.7. The molecule has 0 radical (unpaired) electrons. The van der Waals surface area contributed by atoms with E-state index in [2.05, 4.69) is 0 Å². The van der Waals surface area contributed by atoms with Crippen molar-refractivity contribution < 1.29 is 14.6 Å². The summed E-state index contributed by atoms with van der Waals surface area (Å²) in [4.78, 5) is 10.7. The van der Waals surface area contributed by atoms with Crippen molar-refractivity contribution in [3.63, 3.8) is 0 Å². The van der Waals surface area contributed by atoms with Gasteiger partial charge in [0.05, 0.1) is 11.7 Å². The fraction of sp³-hybridized carbons (Fsp3) is 0.417. The fourth-order valence-corrected chi connectivity index (χ4v) is 1.92.